The van der Waals surface area contributed by atoms with E-state index in [9.17, 15) is 9.18 Å². The van der Waals surface area contributed by atoms with E-state index in [0.717, 1.165) is 17.1 Å². The van der Waals surface area contributed by atoms with Gasteiger partial charge in [-0.1, -0.05) is 0 Å². The van der Waals surface area contributed by atoms with Crippen LogP contribution in [0, 0.1) is 5.82 Å². The zero-order valence-electron chi connectivity index (χ0n) is 15.9. The van der Waals surface area contributed by atoms with Gasteiger partial charge in [-0.15, -0.1) is 5.10 Å². The fraction of sp³-hybridized carbons (Fsp3) is 0.333. The maximum Gasteiger partial charge on any atom is 0.272 e. The van der Waals surface area contributed by atoms with Crippen LogP contribution < -0.4 is 4.90 Å². The molecule has 7 nitrogen and oxygen atoms in total. The predicted octanol–water partition coefficient (Wildman–Crippen LogP) is 2.85. The summed E-state index contributed by atoms with van der Waals surface area (Å²) < 4.78 is 13.1. The summed E-state index contributed by atoms with van der Waals surface area (Å²) in [5.74, 6) is 1.08. The number of piperazine rings is 1. The molecule has 0 radical (unpaired) electrons. The molecule has 29 heavy (non-hydrogen) atoms. The predicted molar refractivity (Wildman–Crippen MR) is 106 cm³/mol. The number of benzene rings is 1. The summed E-state index contributed by atoms with van der Waals surface area (Å²) in [7, 11) is 0. The van der Waals surface area contributed by atoms with Crippen molar-refractivity contribution in [2.24, 2.45) is 0 Å². The van der Waals surface area contributed by atoms with Gasteiger partial charge in [0, 0.05) is 37.7 Å². The molecule has 1 aliphatic heterocycles. The average Bonchev–Trinajstić information content (AvgIpc) is 3.51. The van der Waals surface area contributed by atoms with Crippen molar-refractivity contribution in [1.82, 2.24) is 25.3 Å². The molecule has 1 aromatic carbocycles. The Bertz CT molecular complexity index is 1000. The number of nitrogens with zero attached hydrogens (tertiary/aromatic N) is 5. The van der Waals surface area contributed by atoms with Crippen molar-refractivity contribution in [3.05, 3.63) is 59.7 Å². The molecule has 1 aliphatic carbocycles. The van der Waals surface area contributed by atoms with Crippen molar-refractivity contribution < 1.29 is 9.18 Å². The van der Waals surface area contributed by atoms with Crippen LogP contribution in [0.4, 0.5) is 10.2 Å². The lowest BCUT2D eigenvalue weighted by Crippen LogP contribution is -2.49. The second-order valence-corrected chi connectivity index (χ2v) is 7.54. The third-order valence-electron chi connectivity index (χ3n) is 5.51. The van der Waals surface area contributed by atoms with Crippen LogP contribution in [0.15, 0.2) is 42.5 Å². The van der Waals surface area contributed by atoms with Crippen LogP contribution in [0.2, 0.25) is 0 Å². The molecular weight excluding hydrogens is 371 g/mol. The number of aromatic nitrogens is 4. The molecule has 148 valence electrons. The van der Waals surface area contributed by atoms with Crippen molar-refractivity contribution in [2.75, 3.05) is 31.1 Å². The molecule has 1 saturated heterocycles. The summed E-state index contributed by atoms with van der Waals surface area (Å²) in [5, 5.41) is 15.7. The molecule has 1 N–H and O–H groups in total. The number of hydrogen-bond donors (Lipinski definition) is 1. The number of carbonyl (C=O) groups is 1. The quantitative estimate of drug-likeness (QED) is 0.739. The van der Waals surface area contributed by atoms with Crippen molar-refractivity contribution >= 4 is 11.7 Å². The van der Waals surface area contributed by atoms with Crippen molar-refractivity contribution in [2.45, 2.75) is 18.8 Å². The zero-order chi connectivity index (χ0) is 19.8. The van der Waals surface area contributed by atoms with Gasteiger partial charge in [0.2, 0.25) is 0 Å². The first-order valence-electron chi connectivity index (χ1n) is 9.86. The average molecular weight is 392 g/mol. The number of hydrogen-bond acceptors (Lipinski definition) is 5. The number of aromatic amines is 1. The lowest BCUT2D eigenvalue weighted by Gasteiger charge is -2.34. The van der Waals surface area contributed by atoms with E-state index >= 15 is 0 Å². The maximum absolute atomic E-state index is 13.1. The number of halogens is 1. The van der Waals surface area contributed by atoms with Crippen LogP contribution in [-0.4, -0.2) is 57.4 Å². The SMILES string of the molecule is O=C(c1cc(-c2ccc(F)cc2)n[nH]1)N1CCN(c2ccc(C3CC3)nn2)CC1. The second kappa shape index (κ2) is 7.27. The molecule has 1 amide bonds. The van der Waals surface area contributed by atoms with Crippen LogP contribution in [0.1, 0.15) is 34.9 Å². The molecule has 5 rings (SSSR count). The van der Waals surface area contributed by atoms with E-state index in [2.05, 4.69) is 31.4 Å². The first-order valence-corrected chi connectivity index (χ1v) is 9.86. The van der Waals surface area contributed by atoms with Crippen LogP contribution >= 0.6 is 0 Å². The van der Waals surface area contributed by atoms with Gasteiger partial charge in [-0.25, -0.2) is 4.39 Å². The number of anilines is 1. The summed E-state index contributed by atoms with van der Waals surface area (Å²) >= 11 is 0. The van der Waals surface area contributed by atoms with E-state index in [1.165, 1.54) is 25.0 Å². The standard InChI is InChI=1S/C21H21FN6O/c22-16-5-3-15(4-6-16)18-13-19(25-24-18)21(29)28-11-9-27(10-12-28)20-8-7-17(23-26-20)14-1-2-14/h3-8,13-14H,1-2,9-12H2,(H,24,25). The van der Waals surface area contributed by atoms with Gasteiger partial charge in [0.25, 0.3) is 5.91 Å². The second-order valence-electron chi connectivity index (χ2n) is 7.54. The topological polar surface area (TPSA) is 78.0 Å². The van der Waals surface area contributed by atoms with Gasteiger partial charge in [-0.3, -0.25) is 9.89 Å². The van der Waals surface area contributed by atoms with Crippen LogP contribution in [-0.2, 0) is 0 Å². The fourth-order valence-electron chi connectivity index (χ4n) is 3.61. The van der Waals surface area contributed by atoms with Gasteiger partial charge < -0.3 is 9.80 Å². The monoisotopic (exact) mass is 392 g/mol. The van der Waals surface area contributed by atoms with Crippen LogP contribution in [0.3, 0.4) is 0 Å². The van der Waals surface area contributed by atoms with E-state index in [4.69, 9.17) is 0 Å². The lowest BCUT2D eigenvalue weighted by molar-refractivity contribution is 0.0740. The summed E-state index contributed by atoms with van der Waals surface area (Å²) in [6.07, 6.45) is 2.43. The fourth-order valence-corrected chi connectivity index (χ4v) is 3.61. The molecule has 0 unspecified atom stereocenters. The highest BCUT2D eigenvalue weighted by Gasteiger charge is 2.27. The highest BCUT2D eigenvalue weighted by Crippen LogP contribution is 2.38. The lowest BCUT2D eigenvalue weighted by atomic mass is 10.1. The molecule has 1 saturated carbocycles. The van der Waals surface area contributed by atoms with E-state index in [1.807, 2.05) is 11.0 Å². The highest BCUT2D eigenvalue weighted by molar-refractivity contribution is 5.93. The Morgan fingerprint density at radius 1 is 1.00 bits per heavy atom. The molecule has 2 aromatic heterocycles. The first-order chi connectivity index (χ1) is 14.2. The molecule has 8 heteroatoms. The Morgan fingerprint density at radius 3 is 2.41 bits per heavy atom. The Balaban J connectivity index is 1.21. The van der Waals surface area contributed by atoms with Crippen molar-refractivity contribution in [1.29, 1.82) is 0 Å². The Kier molecular flexibility index (Phi) is 4.46. The van der Waals surface area contributed by atoms with Gasteiger partial charge in [0.1, 0.15) is 11.5 Å². The van der Waals surface area contributed by atoms with Gasteiger partial charge in [-0.2, -0.15) is 10.2 Å². The summed E-state index contributed by atoms with van der Waals surface area (Å²) in [6, 6.07) is 11.9. The number of carbonyl (C=O) groups excluding carboxylic acids is 1. The third kappa shape index (κ3) is 3.70. The molecule has 3 aromatic rings. The summed E-state index contributed by atoms with van der Waals surface area (Å²) in [5.41, 5.74) is 2.91. The largest absolute Gasteiger partial charge is 0.352 e. The van der Waals surface area contributed by atoms with E-state index < -0.39 is 0 Å². The number of rotatable bonds is 4. The highest BCUT2D eigenvalue weighted by atomic mass is 19.1. The number of H-pyrrole nitrogens is 1. The zero-order valence-corrected chi connectivity index (χ0v) is 15.9. The molecule has 0 bridgehead atoms. The maximum atomic E-state index is 13.1. The molecule has 2 aliphatic rings. The van der Waals surface area contributed by atoms with Gasteiger partial charge in [-0.05, 0) is 55.3 Å². The Morgan fingerprint density at radius 2 is 1.76 bits per heavy atom. The van der Waals surface area contributed by atoms with Crippen molar-refractivity contribution in [3.63, 3.8) is 0 Å². The molecule has 2 fully saturated rings. The molecule has 0 spiro atoms. The third-order valence-corrected chi connectivity index (χ3v) is 5.51. The summed E-state index contributed by atoms with van der Waals surface area (Å²) in [4.78, 5) is 16.8. The van der Waals surface area contributed by atoms with Gasteiger partial charge in [0.05, 0.1) is 11.4 Å². The Hall–Kier alpha value is -3.29. The minimum atomic E-state index is -0.301. The first kappa shape index (κ1) is 17.8. The van der Waals surface area contributed by atoms with Gasteiger partial charge >= 0.3 is 0 Å². The number of amides is 1. The minimum absolute atomic E-state index is 0.0827. The van der Waals surface area contributed by atoms with Crippen molar-refractivity contribution in [3.8, 4) is 11.3 Å². The summed E-state index contributed by atoms with van der Waals surface area (Å²) in [6.45, 7) is 2.63. The van der Waals surface area contributed by atoms with E-state index in [0.29, 0.717) is 43.5 Å². The molecule has 3 heterocycles. The minimum Gasteiger partial charge on any atom is -0.352 e. The van der Waals surface area contributed by atoms with Gasteiger partial charge in [0.15, 0.2) is 5.82 Å². The smallest absolute Gasteiger partial charge is 0.272 e. The van der Waals surface area contributed by atoms with Crippen LogP contribution in [0.25, 0.3) is 11.3 Å². The van der Waals surface area contributed by atoms with E-state index in [1.54, 1.807) is 18.2 Å². The van der Waals surface area contributed by atoms with Crippen LogP contribution in [0.5, 0.6) is 0 Å². The normalized spacial score (nSPS) is 16.9. The van der Waals surface area contributed by atoms with E-state index in [-0.39, 0.29) is 11.7 Å². The Labute approximate surface area is 167 Å². The molecule has 0 atom stereocenters. The molecular formula is C21H21FN6O. The number of nitrogens with one attached hydrogen (secondary N) is 1.